The summed E-state index contributed by atoms with van der Waals surface area (Å²) in [6, 6.07) is 0. The van der Waals surface area contributed by atoms with Crippen LogP contribution in [0.4, 0.5) is 4.79 Å². The highest BCUT2D eigenvalue weighted by molar-refractivity contribution is 6.30. The van der Waals surface area contributed by atoms with Crippen LogP contribution in [-0.4, -0.2) is 22.6 Å². The molecule has 0 aliphatic carbocycles. The Kier molecular flexibility index (Phi) is 3.01. The summed E-state index contributed by atoms with van der Waals surface area (Å²) in [4.78, 5) is 19.8. The Labute approximate surface area is 56.4 Å². The van der Waals surface area contributed by atoms with Crippen molar-refractivity contribution in [2.24, 2.45) is 0 Å². The molecule has 0 aliphatic rings. The van der Waals surface area contributed by atoms with Gasteiger partial charge in [0.2, 0.25) is 0 Å². The zero-order valence-corrected chi connectivity index (χ0v) is 5.38. The van der Waals surface area contributed by atoms with Crippen LogP contribution in [0.5, 0.6) is 0 Å². The number of carboxylic acid groups (broad SMARTS) is 1. The molecule has 0 radical (unpaired) electrons. The molecule has 1 atom stereocenters. The van der Waals surface area contributed by atoms with E-state index in [4.69, 9.17) is 16.7 Å². The fraction of sp³-hybridized carbons (Fsp3) is 0.500. The third-order valence-electron chi connectivity index (χ3n) is 0.513. The lowest BCUT2D eigenvalue weighted by atomic mass is 10.5. The number of ether oxygens (including phenoxy) is 1. The lowest BCUT2D eigenvalue weighted by Gasteiger charge is -1.97. The molecule has 0 amide bonds. The van der Waals surface area contributed by atoms with E-state index in [1.807, 2.05) is 0 Å². The lowest BCUT2D eigenvalue weighted by molar-refractivity contribution is -0.138. The number of carbonyl (C=O) groups excluding carboxylic acids is 1. The van der Waals surface area contributed by atoms with Crippen molar-refractivity contribution >= 4 is 23.7 Å². The van der Waals surface area contributed by atoms with E-state index in [0.29, 0.717) is 0 Å². The van der Waals surface area contributed by atoms with E-state index in [1.165, 1.54) is 6.92 Å². The van der Waals surface area contributed by atoms with Crippen molar-refractivity contribution < 1.29 is 19.4 Å². The first-order valence-corrected chi connectivity index (χ1v) is 2.56. The Balaban J connectivity index is 3.64. The largest absolute Gasteiger partial charge is 0.513 e. The number of alkyl halides is 1. The second-order valence-electron chi connectivity index (χ2n) is 1.30. The molecule has 0 aliphatic heterocycles. The summed E-state index contributed by atoms with van der Waals surface area (Å²) in [6.07, 6.45) is -1.63. The second kappa shape index (κ2) is 3.29. The molecule has 5 heteroatoms. The normalized spacial score (nSPS) is 12.2. The van der Waals surface area contributed by atoms with Crippen LogP contribution in [0.1, 0.15) is 6.92 Å². The standard InChI is InChI=1S/C4H5ClO4/c1-2(5)3(6)9-4(7)8/h2H,1H3,(H,7,8). The summed E-state index contributed by atoms with van der Waals surface area (Å²) in [7, 11) is 0. The van der Waals surface area contributed by atoms with Crippen LogP contribution in [-0.2, 0) is 9.53 Å². The number of esters is 1. The highest BCUT2D eigenvalue weighted by Gasteiger charge is 2.13. The highest BCUT2D eigenvalue weighted by atomic mass is 35.5. The monoisotopic (exact) mass is 152 g/mol. The van der Waals surface area contributed by atoms with Gasteiger partial charge < -0.3 is 9.84 Å². The molecule has 0 rings (SSSR count). The molecule has 0 aromatic rings. The van der Waals surface area contributed by atoms with Crippen molar-refractivity contribution in [1.82, 2.24) is 0 Å². The molecular weight excluding hydrogens is 147 g/mol. The van der Waals surface area contributed by atoms with Gasteiger partial charge in [0.05, 0.1) is 0 Å². The zero-order valence-electron chi connectivity index (χ0n) is 4.63. The van der Waals surface area contributed by atoms with Crippen molar-refractivity contribution in [2.45, 2.75) is 12.3 Å². The van der Waals surface area contributed by atoms with Crippen molar-refractivity contribution in [3.8, 4) is 0 Å². The van der Waals surface area contributed by atoms with Gasteiger partial charge >= 0.3 is 12.1 Å². The third kappa shape index (κ3) is 3.78. The molecule has 0 heterocycles. The predicted octanol–water partition coefficient (Wildman–Crippen LogP) is 0.835. The smallest absolute Gasteiger partial charge is 0.449 e. The van der Waals surface area contributed by atoms with E-state index in [2.05, 4.69) is 4.74 Å². The minimum Gasteiger partial charge on any atom is -0.449 e. The number of hydrogen-bond acceptors (Lipinski definition) is 3. The summed E-state index contributed by atoms with van der Waals surface area (Å²) in [5.41, 5.74) is 0. The molecule has 52 valence electrons. The quantitative estimate of drug-likeness (QED) is 0.344. The van der Waals surface area contributed by atoms with Gasteiger partial charge in [0.1, 0.15) is 5.38 Å². The molecule has 1 N–H and O–H groups in total. The molecule has 0 spiro atoms. The van der Waals surface area contributed by atoms with Gasteiger partial charge in [-0.15, -0.1) is 11.6 Å². The van der Waals surface area contributed by atoms with Gasteiger partial charge in [-0.3, -0.25) is 0 Å². The van der Waals surface area contributed by atoms with Crippen molar-refractivity contribution in [1.29, 1.82) is 0 Å². The van der Waals surface area contributed by atoms with Crippen LogP contribution >= 0.6 is 11.6 Å². The van der Waals surface area contributed by atoms with Gasteiger partial charge in [-0.05, 0) is 6.92 Å². The SMILES string of the molecule is CC(Cl)C(=O)OC(=O)O. The minimum atomic E-state index is -1.63. The molecule has 0 fully saturated rings. The number of carbonyl (C=O) groups is 2. The average molecular weight is 153 g/mol. The molecule has 1 unspecified atom stereocenters. The van der Waals surface area contributed by atoms with Crippen LogP contribution < -0.4 is 0 Å². The van der Waals surface area contributed by atoms with E-state index in [-0.39, 0.29) is 0 Å². The maximum atomic E-state index is 10.2. The maximum absolute atomic E-state index is 10.2. The van der Waals surface area contributed by atoms with E-state index >= 15 is 0 Å². The average Bonchev–Trinajstić information content (AvgIpc) is 1.63. The highest BCUT2D eigenvalue weighted by Crippen LogP contribution is 1.95. The summed E-state index contributed by atoms with van der Waals surface area (Å²) in [5, 5.41) is 6.92. The topological polar surface area (TPSA) is 63.6 Å². The van der Waals surface area contributed by atoms with E-state index in [9.17, 15) is 9.59 Å². The predicted molar refractivity (Wildman–Crippen MR) is 29.4 cm³/mol. The molecule has 0 aromatic carbocycles. The summed E-state index contributed by atoms with van der Waals surface area (Å²) in [6.45, 7) is 1.33. The van der Waals surface area contributed by atoms with Gasteiger partial charge in [0, 0.05) is 0 Å². The molecule has 9 heavy (non-hydrogen) atoms. The van der Waals surface area contributed by atoms with E-state index < -0.39 is 17.5 Å². The zero-order chi connectivity index (χ0) is 7.44. The van der Waals surface area contributed by atoms with Crippen molar-refractivity contribution in [2.75, 3.05) is 0 Å². The van der Waals surface area contributed by atoms with Crippen molar-refractivity contribution in [3.63, 3.8) is 0 Å². The Morgan fingerprint density at radius 1 is 1.67 bits per heavy atom. The Hall–Kier alpha value is -0.770. The van der Waals surface area contributed by atoms with Gasteiger partial charge in [-0.2, -0.15) is 0 Å². The number of hydrogen-bond donors (Lipinski definition) is 1. The van der Waals surface area contributed by atoms with Crippen LogP contribution in [0.25, 0.3) is 0 Å². The minimum absolute atomic E-state index is 0.916. The first kappa shape index (κ1) is 8.23. The molecule has 0 bridgehead atoms. The fourth-order valence-electron chi connectivity index (χ4n) is 0.167. The number of halogens is 1. The van der Waals surface area contributed by atoms with Gasteiger partial charge in [0.25, 0.3) is 0 Å². The summed E-state index contributed by atoms with van der Waals surface area (Å²) < 4.78 is 3.66. The maximum Gasteiger partial charge on any atom is 0.513 e. The Morgan fingerprint density at radius 3 is 2.22 bits per heavy atom. The molecule has 0 saturated heterocycles. The molecular formula is C4H5ClO4. The van der Waals surface area contributed by atoms with E-state index in [1.54, 1.807) is 0 Å². The molecule has 0 saturated carbocycles. The van der Waals surface area contributed by atoms with Crippen molar-refractivity contribution in [3.05, 3.63) is 0 Å². The fourth-order valence-corrected chi connectivity index (χ4v) is 0.212. The lowest BCUT2D eigenvalue weighted by Crippen LogP contribution is -2.17. The van der Waals surface area contributed by atoms with Gasteiger partial charge in [-0.1, -0.05) is 0 Å². The van der Waals surface area contributed by atoms with Gasteiger partial charge in [0.15, 0.2) is 0 Å². The first-order chi connectivity index (χ1) is 4.04. The first-order valence-electron chi connectivity index (χ1n) is 2.12. The van der Waals surface area contributed by atoms with E-state index in [0.717, 1.165) is 0 Å². The molecule has 4 nitrogen and oxygen atoms in total. The van der Waals surface area contributed by atoms with Crippen LogP contribution in [0.3, 0.4) is 0 Å². The van der Waals surface area contributed by atoms with Crippen LogP contribution in [0, 0.1) is 0 Å². The van der Waals surface area contributed by atoms with Crippen LogP contribution in [0.2, 0.25) is 0 Å². The van der Waals surface area contributed by atoms with Gasteiger partial charge in [-0.25, -0.2) is 9.59 Å². The van der Waals surface area contributed by atoms with Crippen LogP contribution in [0.15, 0.2) is 0 Å². The Bertz CT molecular complexity index is 131. The summed E-state index contributed by atoms with van der Waals surface area (Å²) >= 11 is 5.13. The third-order valence-corrected chi connectivity index (χ3v) is 0.691. The summed E-state index contributed by atoms with van der Waals surface area (Å²) in [5.74, 6) is -0.954. The number of rotatable bonds is 1. The molecule has 0 aromatic heterocycles. The second-order valence-corrected chi connectivity index (χ2v) is 1.96. The Morgan fingerprint density at radius 2 is 2.11 bits per heavy atom.